The van der Waals surface area contributed by atoms with Crippen molar-refractivity contribution < 1.29 is 9.59 Å². The van der Waals surface area contributed by atoms with E-state index in [1.807, 2.05) is 0 Å². The SMILES string of the molecule is CCCCCCCCCN1C(N2CCCCC2)=NC2C1C(=O)NC(=O)N2C. The summed E-state index contributed by atoms with van der Waals surface area (Å²) in [7, 11) is 1.73. The number of nitrogens with zero attached hydrogens (tertiary/aromatic N) is 4. The second-order valence-electron chi connectivity index (χ2n) is 8.06. The zero-order valence-electron chi connectivity index (χ0n) is 17.0. The Morgan fingerprint density at radius 1 is 1.00 bits per heavy atom. The van der Waals surface area contributed by atoms with Crippen LogP contribution in [0.15, 0.2) is 4.99 Å². The highest BCUT2D eigenvalue weighted by Crippen LogP contribution is 2.27. The highest BCUT2D eigenvalue weighted by Gasteiger charge is 2.49. The van der Waals surface area contributed by atoms with Gasteiger partial charge in [0.05, 0.1) is 0 Å². The van der Waals surface area contributed by atoms with Gasteiger partial charge in [-0.2, -0.15) is 0 Å². The molecule has 0 bridgehead atoms. The molecule has 1 N–H and O–H groups in total. The normalized spacial score (nSPS) is 25.6. The van der Waals surface area contributed by atoms with E-state index in [1.54, 1.807) is 11.9 Å². The third-order valence-corrected chi connectivity index (χ3v) is 5.98. The summed E-state index contributed by atoms with van der Waals surface area (Å²) in [5.41, 5.74) is 0. The number of guanidine groups is 1. The number of hydrogen-bond donors (Lipinski definition) is 1. The van der Waals surface area contributed by atoms with Gasteiger partial charge in [-0.05, 0) is 25.7 Å². The van der Waals surface area contributed by atoms with Crippen LogP contribution in [0.5, 0.6) is 0 Å². The lowest BCUT2D eigenvalue weighted by Gasteiger charge is -2.38. The average molecular weight is 378 g/mol. The Bertz CT molecular complexity index is 559. The number of amides is 3. The van der Waals surface area contributed by atoms with Crippen molar-refractivity contribution >= 4 is 17.9 Å². The fraction of sp³-hybridized carbons (Fsp3) is 0.850. The second kappa shape index (κ2) is 9.42. The molecule has 0 saturated carbocycles. The van der Waals surface area contributed by atoms with E-state index in [1.165, 1.54) is 57.8 Å². The van der Waals surface area contributed by atoms with Crippen LogP contribution < -0.4 is 5.32 Å². The average Bonchev–Trinajstić information content (AvgIpc) is 3.06. The van der Waals surface area contributed by atoms with Crippen LogP contribution in [0.1, 0.15) is 71.1 Å². The van der Waals surface area contributed by atoms with Gasteiger partial charge in [0, 0.05) is 26.7 Å². The number of unbranched alkanes of at least 4 members (excludes halogenated alkanes) is 6. The fourth-order valence-electron chi connectivity index (χ4n) is 4.35. The molecule has 0 aromatic heterocycles. The van der Waals surface area contributed by atoms with E-state index >= 15 is 0 Å². The third kappa shape index (κ3) is 4.55. The number of hydrogen-bond acceptors (Lipinski definition) is 5. The Morgan fingerprint density at radius 3 is 2.37 bits per heavy atom. The van der Waals surface area contributed by atoms with Gasteiger partial charge in [0.25, 0.3) is 5.91 Å². The maximum Gasteiger partial charge on any atom is 0.325 e. The maximum atomic E-state index is 12.6. The number of nitrogens with one attached hydrogen (secondary N) is 1. The summed E-state index contributed by atoms with van der Waals surface area (Å²) < 4.78 is 0. The summed E-state index contributed by atoms with van der Waals surface area (Å²) in [6.45, 7) is 5.05. The molecule has 0 aromatic rings. The zero-order chi connectivity index (χ0) is 19.2. The van der Waals surface area contributed by atoms with Gasteiger partial charge >= 0.3 is 6.03 Å². The van der Waals surface area contributed by atoms with Crippen LogP contribution in [-0.2, 0) is 4.79 Å². The van der Waals surface area contributed by atoms with Gasteiger partial charge in [0.15, 0.2) is 18.2 Å². The Balaban J connectivity index is 1.63. The van der Waals surface area contributed by atoms with Gasteiger partial charge in [-0.3, -0.25) is 10.1 Å². The molecule has 2 atom stereocenters. The monoisotopic (exact) mass is 377 g/mol. The number of likely N-dealkylation sites (N-methyl/N-ethyl adjacent to an activating group) is 1. The third-order valence-electron chi connectivity index (χ3n) is 5.98. The number of aliphatic imine (C=N–C) groups is 1. The van der Waals surface area contributed by atoms with Crippen LogP contribution in [0.4, 0.5) is 4.79 Å². The van der Waals surface area contributed by atoms with Crippen LogP contribution in [0.2, 0.25) is 0 Å². The van der Waals surface area contributed by atoms with Crippen molar-refractivity contribution in [2.75, 3.05) is 26.7 Å². The largest absolute Gasteiger partial charge is 0.343 e. The van der Waals surface area contributed by atoms with Crippen molar-refractivity contribution in [3.63, 3.8) is 0 Å². The number of urea groups is 1. The topological polar surface area (TPSA) is 68.2 Å². The molecule has 0 aromatic carbocycles. The first-order valence-electron chi connectivity index (χ1n) is 10.8. The van der Waals surface area contributed by atoms with E-state index in [4.69, 9.17) is 4.99 Å². The molecular weight excluding hydrogens is 342 g/mol. The summed E-state index contributed by atoms with van der Waals surface area (Å²) in [6.07, 6.45) is 11.9. The Morgan fingerprint density at radius 2 is 1.67 bits per heavy atom. The van der Waals surface area contributed by atoms with Crippen LogP contribution in [0, 0.1) is 0 Å². The van der Waals surface area contributed by atoms with E-state index in [2.05, 4.69) is 22.0 Å². The first-order chi connectivity index (χ1) is 13.1. The van der Waals surface area contributed by atoms with E-state index in [0.717, 1.165) is 32.0 Å². The number of piperidine rings is 1. The lowest BCUT2D eigenvalue weighted by molar-refractivity contribution is -0.127. The molecular formula is C20H35N5O2. The fourth-order valence-corrected chi connectivity index (χ4v) is 4.35. The first-order valence-corrected chi connectivity index (χ1v) is 10.8. The number of fused-ring (bicyclic) bond motifs is 1. The maximum absolute atomic E-state index is 12.6. The van der Waals surface area contributed by atoms with Crippen LogP contribution in [0.25, 0.3) is 0 Å². The first kappa shape index (κ1) is 20.0. The Kier molecular flexibility index (Phi) is 6.96. The quantitative estimate of drug-likeness (QED) is 0.661. The van der Waals surface area contributed by atoms with Gasteiger partial charge in [0.2, 0.25) is 0 Å². The summed E-state index contributed by atoms with van der Waals surface area (Å²) in [5.74, 6) is 0.717. The van der Waals surface area contributed by atoms with Crippen LogP contribution >= 0.6 is 0 Å². The van der Waals surface area contributed by atoms with Crippen molar-refractivity contribution in [2.24, 2.45) is 4.99 Å². The molecule has 152 valence electrons. The summed E-state index contributed by atoms with van der Waals surface area (Å²) >= 11 is 0. The zero-order valence-corrected chi connectivity index (χ0v) is 17.0. The Labute approximate surface area is 163 Å². The van der Waals surface area contributed by atoms with Crippen molar-refractivity contribution in [1.29, 1.82) is 0 Å². The molecule has 3 aliphatic heterocycles. The predicted octanol–water partition coefficient (Wildman–Crippen LogP) is 2.77. The van der Waals surface area contributed by atoms with Gasteiger partial charge in [-0.1, -0.05) is 45.4 Å². The molecule has 0 spiro atoms. The minimum absolute atomic E-state index is 0.207. The molecule has 3 rings (SSSR count). The van der Waals surface area contributed by atoms with E-state index in [9.17, 15) is 9.59 Å². The molecule has 3 amide bonds. The van der Waals surface area contributed by atoms with Gasteiger partial charge in [-0.15, -0.1) is 0 Å². The minimum Gasteiger partial charge on any atom is -0.343 e. The van der Waals surface area contributed by atoms with Crippen molar-refractivity contribution in [1.82, 2.24) is 20.0 Å². The smallest absolute Gasteiger partial charge is 0.325 e. The van der Waals surface area contributed by atoms with Gasteiger partial charge in [0.1, 0.15) is 0 Å². The Hall–Kier alpha value is -1.79. The summed E-state index contributed by atoms with van der Waals surface area (Å²) in [6, 6.07) is -0.731. The molecule has 2 fully saturated rings. The number of carbonyl (C=O) groups excluding carboxylic acids is 2. The van der Waals surface area contributed by atoms with Crippen molar-refractivity contribution in [3.8, 4) is 0 Å². The van der Waals surface area contributed by atoms with Gasteiger partial charge in [-0.25, -0.2) is 9.79 Å². The van der Waals surface area contributed by atoms with E-state index in [-0.39, 0.29) is 18.0 Å². The van der Waals surface area contributed by atoms with E-state index < -0.39 is 6.17 Å². The molecule has 0 radical (unpaired) electrons. The second-order valence-corrected chi connectivity index (χ2v) is 8.06. The van der Waals surface area contributed by atoms with Crippen molar-refractivity contribution in [3.05, 3.63) is 0 Å². The van der Waals surface area contributed by atoms with Crippen LogP contribution in [-0.4, -0.2) is 71.5 Å². The summed E-state index contributed by atoms with van der Waals surface area (Å²) in [5, 5.41) is 2.49. The summed E-state index contributed by atoms with van der Waals surface area (Å²) in [4.78, 5) is 35.5. The number of likely N-dealkylation sites (tertiary alicyclic amines) is 1. The highest BCUT2D eigenvalue weighted by molar-refractivity contribution is 6.03. The van der Waals surface area contributed by atoms with Gasteiger partial charge < -0.3 is 14.7 Å². The minimum atomic E-state index is -0.396. The molecule has 2 unspecified atom stereocenters. The molecule has 27 heavy (non-hydrogen) atoms. The number of carbonyl (C=O) groups is 2. The molecule has 7 nitrogen and oxygen atoms in total. The molecule has 2 saturated heterocycles. The van der Waals surface area contributed by atoms with Crippen LogP contribution in [0.3, 0.4) is 0 Å². The highest BCUT2D eigenvalue weighted by atomic mass is 16.2. The standard InChI is InChI=1S/C20H35N5O2/c1-3-4-5-6-7-8-12-15-25-16-17(23(2)20(27)22-18(16)26)21-19(25)24-13-10-9-11-14-24/h16-17H,3-15H2,1-2H3,(H,22,26,27). The molecule has 7 heteroatoms. The molecule has 0 aliphatic carbocycles. The van der Waals surface area contributed by atoms with Crippen molar-refractivity contribution in [2.45, 2.75) is 83.3 Å². The number of imide groups is 1. The lowest BCUT2D eigenvalue weighted by atomic mass is 10.1. The lowest BCUT2D eigenvalue weighted by Crippen LogP contribution is -2.64. The number of rotatable bonds is 8. The predicted molar refractivity (Wildman–Crippen MR) is 106 cm³/mol. The molecule has 3 heterocycles. The molecule has 3 aliphatic rings. The van der Waals surface area contributed by atoms with E-state index in [0.29, 0.717) is 0 Å².